The summed E-state index contributed by atoms with van der Waals surface area (Å²) < 4.78 is 0. The second-order valence-electron chi connectivity index (χ2n) is 3.67. The molecule has 86 valence electrons. The number of benzene rings is 1. The monoisotopic (exact) mass is 228 g/mol. The molecule has 1 aromatic carbocycles. The van der Waals surface area contributed by atoms with E-state index in [1.807, 2.05) is 19.1 Å². The second kappa shape index (κ2) is 4.65. The summed E-state index contributed by atoms with van der Waals surface area (Å²) in [6, 6.07) is 11.6. The number of carbonyl (C=O) groups is 1. The molecule has 0 atom stereocenters. The van der Waals surface area contributed by atoms with Crippen LogP contribution in [-0.2, 0) is 0 Å². The van der Waals surface area contributed by atoms with E-state index in [-0.39, 0.29) is 11.7 Å². The molecule has 0 saturated heterocycles. The van der Waals surface area contributed by atoms with Crippen molar-refractivity contribution < 1.29 is 9.90 Å². The Morgan fingerprint density at radius 2 is 2.00 bits per heavy atom. The number of rotatable bonds is 2. The molecule has 2 N–H and O–H groups in total. The van der Waals surface area contributed by atoms with Crippen molar-refractivity contribution in [2.75, 3.05) is 5.32 Å². The number of nitrogens with one attached hydrogen (secondary N) is 1. The van der Waals surface area contributed by atoms with Gasteiger partial charge in [0, 0.05) is 11.3 Å². The summed E-state index contributed by atoms with van der Waals surface area (Å²) in [6.45, 7) is 1.85. The van der Waals surface area contributed by atoms with Crippen LogP contribution in [0.25, 0.3) is 0 Å². The smallest absolute Gasteiger partial charge is 0.256 e. The van der Waals surface area contributed by atoms with E-state index in [1.54, 1.807) is 18.2 Å². The molecule has 0 spiro atoms. The maximum absolute atomic E-state index is 11.8. The molecule has 0 aliphatic heterocycles. The first-order valence-corrected chi connectivity index (χ1v) is 5.19. The number of pyridine rings is 1. The van der Waals surface area contributed by atoms with E-state index in [0.29, 0.717) is 11.4 Å². The lowest BCUT2D eigenvalue weighted by Gasteiger charge is -2.05. The summed E-state index contributed by atoms with van der Waals surface area (Å²) in [7, 11) is 0. The third-order valence-corrected chi connectivity index (χ3v) is 2.24. The predicted octanol–water partition coefficient (Wildman–Crippen LogP) is 2.35. The highest BCUT2D eigenvalue weighted by molar-refractivity contribution is 6.03. The fraction of sp³-hybridized carbons (Fsp3) is 0.0769. The van der Waals surface area contributed by atoms with Gasteiger partial charge in [0.2, 0.25) is 0 Å². The number of aromatic nitrogens is 1. The maximum Gasteiger partial charge on any atom is 0.256 e. The van der Waals surface area contributed by atoms with Gasteiger partial charge in [0.05, 0.1) is 0 Å². The van der Waals surface area contributed by atoms with Gasteiger partial charge < -0.3 is 10.4 Å². The van der Waals surface area contributed by atoms with Crippen LogP contribution in [0, 0.1) is 6.92 Å². The molecule has 0 aliphatic rings. The summed E-state index contributed by atoms with van der Waals surface area (Å²) in [5, 5.41) is 11.9. The average molecular weight is 228 g/mol. The molecular weight excluding hydrogens is 216 g/mol. The van der Waals surface area contributed by atoms with E-state index in [9.17, 15) is 9.90 Å². The summed E-state index contributed by atoms with van der Waals surface area (Å²) in [4.78, 5) is 16.0. The number of phenolic OH excluding ortho intramolecular Hbond substituents is 1. The number of aromatic hydroxyl groups is 1. The van der Waals surface area contributed by atoms with Crippen LogP contribution in [0.1, 0.15) is 16.1 Å². The number of amides is 1. The quantitative estimate of drug-likeness (QED) is 0.829. The van der Waals surface area contributed by atoms with Crippen molar-refractivity contribution in [3.8, 4) is 5.75 Å². The first kappa shape index (κ1) is 11.1. The Labute approximate surface area is 98.9 Å². The van der Waals surface area contributed by atoms with Crippen LogP contribution in [-0.4, -0.2) is 16.0 Å². The van der Waals surface area contributed by atoms with E-state index in [2.05, 4.69) is 10.3 Å². The second-order valence-corrected chi connectivity index (χ2v) is 3.67. The molecule has 17 heavy (non-hydrogen) atoms. The first-order valence-electron chi connectivity index (χ1n) is 5.19. The molecule has 1 amide bonds. The van der Waals surface area contributed by atoms with Crippen molar-refractivity contribution in [3.63, 3.8) is 0 Å². The zero-order valence-electron chi connectivity index (χ0n) is 9.34. The van der Waals surface area contributed by atoms with Crippen LogP contribution in [0.3, 0.4) is 0 Å². The normalized spacial score (nSPS) is 9.94. The molecule has 0 saturated carbocycles. The van der Waals surface area contributed by atoms with E-state index < -0.39 is 0 Å². The molecule has 0 fully saturated rings. The van der Waals surface area contributed by atoms with E-state index >= 15 is 0 Å². The average Bonchev–Trinajstić information content (AvgIpc) is 2.29. The summed E-state index contributed by atoms with van der Waals surface area (Å²) in [5.74, 6) is 0.271. The Kier molecular flexibility index (Phi) is 3.05. The summed E-state index contributed by atoms with van der Waals surface area (Å²) in [5.41, 5.74) is 1.23. The molecule has 1 heterocycles. The molecule has 4 nitrogen and oxygen atoms in total. The van der Waals surface area contributed by atoms with E-state index in [1.165, 1.54) is 12.1 Å². The fourth-order valence-corrected chi connectivity index (χ4v) is 1.45. The molecule has 2 aromatic rings. The SMILES string of the molecule is Cc1cccc(NC(=O)c2cccc(O)c2)n1. The zero-order chi connectivity index (χ0) is 12.3. The Morgan fingerprint density at radius 1 is 1.24 bits per heavy atom. The molecule has 0 bridgehead atoms. The number of phenols is 1. The number of carbonyl (C=O) groups excluding carboxylic acids is 1. The minimum atomic E-state index is -0.293. The van der Waals surface area contributed by atoms with Crippen molar-refractivity contribution in [2.45, 2.75) is 6.92 Å². The zero-order valence-corrected chi connectivity index (χ0v) is 9.34. The highest BCUT2D eigenvalue weighted by Crippen LogP contribution is 2.12. The Balaban J connectivity index is 2.17. The largest absolute Gasteiger partial charge is 0.508 e. The lowest BCUT2D eigenvalue weighted by molar-refractivity contribution is 0.102. The number of nitrogens with zero attached hydrogens (tertiary/aromatic N) is 1. The van der Waals surface area contributed by atoms with E-state index in [0.717, 1.165) is 5.69 Å². The molecule has 0 unspecified atom stereocenters. The Morgan fingerprint density at radius 3 is 2.71 bits per heavy atom. The van der Waals surface area contributed by atoms with Crippen molar-refractivity contribution >= 4 is 11.7 Å². The third-order valence-electron chi connectivity index (χ3n) is 2.24. The number of anilines is 1. The molecule has 2 rings (SSSR count). The van der Waals surface area contributed by atoms with Gasteiger partial charge in [-0.15, -0.1) is 0 Å². The highest BCUT2D eigenvalue weighted by Gasteiger charge is 2.07. The van der Waals surface area contributed by atoms with Crippen LogP contribution < -0.4 is 5.32 Å². The van der Waals surface area contributed by atoms with Crippen LogP contribution in [0.5, 0.6) is 5.75 Å². The summed E-state index contributed by atoms with van der Waals surface area (Å²) >= 11 is 0. The van der Waals surface area contributed by atoms with Gasteiger partial charge in [0.1, 0.15) is 11.6 Å². The Bertz CT molecular complexity index is 553. The van der Waals surface area contributed by atoms with Gasteiger partial charge in [-0.2, -0.15) is 0 Å². The lowest BCUT2D eigenvalue weighted by atomic mass is 10.2. The lowest BCUT2D eigenvalue weighted by Crippen LogP contribution is -2.12. The highest BCUT2D eigenvalue weighted by atomic mass is 16.3. The van der Waals surface area contributed by atoms with Crippen LogP contribution in [0.15, 0.2) is 42.5 Å². The van der Waals surface area contributed by atoms with Crippen molar-refractivity contribution in [1.82, 2.24) is 4.98 Å². The summed E-state index contributed by atoms with van der Waals surface area (Å²) in [6.07, 6.45) is 0. The topological polar surface area (TPSA) is 62.2 Å². The van der Waals surface area contributed by atoms with Gasteiger partial charge in [-0.3, -0.25) is 4.79 Å². The van der Waals surface area contributed by atoms with Gasteiger partial charge in [0.15, 0.2) is 0 Å². The van der Waals surface area contributed by atoms with Gasteiger partial charge in [-0.1, -0.05) is 12.1 Å². The third kappa shape index (κ3) is 2.81. The van der Waals surface area contributed by atoms with Crippen LogP contribution in [0.4, 0.5) is 5.82 Å². The van der Waals surface area contributed by atoms with Crippen molar-refractivity contribution in [3.05, 3.63) is 53.7 Å². The van der Waals surface area contributed by atoms with Gasteiger partial charge in [-0.25, -0.2) is 4.98 Å². The number of aryl methyl sites for hydroxylation is 1. The first-order chi connectivity index (χ1) is 8.15. The van der Waals surface area contributed by atoms with Crippen LogP contribution >= 0.6 is 0 Å². The molecule has 0 aliphatic carbocycles. The van der Waals surface area contributed by atoms with E-state index in [4.69, 9.17) is 0 Å². The van der Waals surface area contributed by atoms with Crippen molar-refractivity contribution in [2.24, 2.45) is 0 Å². The molecule has 0 radical (unpaired) electrons. The fourth-order valence-electron chi connectivity index (χ4n) is 1.45. The van der Waals surface area contributed by atoms with Gasteiger partial charge in [-0.05, 0) is 37.3 Å². The minimum absolute atomic E-state index is 0.0647. The van der Waals surface area contributed by atoms with Crippen molar-refractivity contribution in [1.29, 1.82) is 0 Å². The Hall–Kier alpha value is -2.36. The molecule has 1 aromatic heterocycles. The minimum Gasteiger partial charge on any atom is -0.508 e. The standard InChI is InChI=1S/C13H12N2O2/c1-9-4-2-7-12(14-9)15-13(17)10-5-3-6-11(16)8-10/h2-8,16H,1H3,(H,14,15,17). The maximum atomic E-state index is 11.8. The predicted molar refractivity (Wildman–Crippen MR) is 65.0 cm³/mol. The molecular formula is C13H12N2O2. The number of hydrogen-bond acceptors (Lipinski definition) is 3. The van der Waals surface area contributed by atoms with Gasteiger partial charge >= 0.3 is 0 Å². The number of hydrogen-bond donors (Lipinski definition) is 2. The van der Waals surface area contributed by atoms with Gasteiger partial charge in [0.25, 0.3) is 5.91 Å². The van der Waals surface area contributed by atoms with Crippen LogP contribution in [0.2, 0.25) is 0 Å². The molecule has 4 heteroatoms.